The summed E-state index contributed by atoms with van der Waals surface area (Å²) >= 11 is 0. The van der Waals surface area contributed by atoms with Gasteiger partial charge in [0, 0.05) is 24.7 Å². The molecule has 0 radical (unpaired) electrons. The summed E-state index contributed by atoms with van der Waals surface area (Å²) in [6.45, 7) is 9.43. The van der Waals surface area contributed by atoms with Gasteiger partial charge >= 0.3 is 0 Å². The van der Waals surface area contributed by atoms with E-state index in [0.29, 0.717) is 6.04 Å². The highest BCUT2D eigenvalue weighted by Crippen LogP contribution is 2.34. The molecule has 94 valence electrons. The second-order valence-electron chi connectivity index (χ2n) is 5.90. The fourth-order valence-corrected chi connectivity index (χ4v) is 3.17. The number of rotatable bonds is 6. The molecule has 0 amide bonds. The number of hydrogen-bond acceptors (Lipinski definition) is 2. The summed E-state index contributed by atoms with van der Waals surface area (Å²) in [6, 6.07) is 2.27. The quantitative estimate of drug-likeness (QED) is 0.746. The molecular weight excluding hydrogens is 196 g/mol. The largest absolute Gasteiger partial charge is 0.313 e. The van der Waals surface area contributed by atoms with Gasteiger partial charge in [-0.25, -0.2) is 0 Å². The van der Waals surface area contributed by atoms with Gasteiger partial charge in [0.15, 0.2) is 0 Å². The van der Waals surface area contributed by atoms with Gasteiger partial charge in [-0.1, -0.05) is 13.3 Å². The van der Waals surface area contributed by atoms with Gasteiger partial charge in [0.1, 0.15) is 0 Å². The predicted octanol–water partition coefficient (Wildman–Crippen LogP) is 2.64. The number of nitrogens with zero attached hydrogens (tertiary/aromatic N) is 1. The smallest absolute Gasteiger partial charge is 0.0252 e. The van der Waals surface area contributed by atoms with Gasteiger partial charge in [0.05, 0.1) is 0 Å². The monoisotopic (exact) mass is 224 g/mol. The van der Waals surface area contributed by atoms with Crippen LogP contribution in [0, 0.1) is 5.92 Å². The van der Waals surface area contributed by atoms with Crippen molar-refractivity contribution in [3.05, 3.63) is 0 Å². The molecule has 2 unspecified atom stereocenters. The van der Waals surface area contributed by atoms with Crippen molar-refractivity contribution >= 4 is 0 Å². The zero-order valence-electron chi connectivity index (χ0n) is 11.2. The van der Waals surface area contributed by atoms with Gasteiger partial charge in [0.25, 0.3) is 0 Å². The minimum absolute atomic E-state index is 0.713. The van der Waals surface area contributed by atoms with E-state index < -0.39 is 0 Å². The van der Waals surface area contributed by atoms with Crippen LogP contribution in [-0.4, -0.2) is 36.1 Å². The first-order valence-corrected chi connectivity index (χ1v) is 7.21. The maximum absolute atomic E-state index is 3.68. The highest BCUT2D eigenvalue weighted by atomic mass is 15.2. The van der Waals surface area contributed by atoms with E-state index in [4.69, 9.17) is 0 Å². The van der Waals surface area contributed by atoms with E-state index in [2.05, 4.69) is 31.0 Å². The van der Waals surface area contributed by atoms with E-state index in [0.717, 1.165) is 24.5 Å². The minimum atomic E-state index is 0.713. The molecule has 1 N–H and O–H groups in total. The summed E-state index contributed by atoms with van der Waals surface area (Å²) in [5.74, 6) is 1.02. The van der Waals surface area contributed by atoms with Crippen LogP contribution in [-0.2, 0) is 0 Å². The standard InChI is InChI=1S/C14H28N2/c1-4-15-13-6-5-7-14(13)16(11(2)3)10-12-8-9-12/h11-15H,4-10H2,1-3H3. The molecule has 0 aliphatic heterocycles. The van der Waals surface area contributed by atoms with E-state index in [1.165, 1.54) is 38.6 Å². The molecule has 0 aromatic rings. The molecule has 16 heavy (non-hydrogen) atoms. The molecule has 2 heteroatoms. The Bertz CT molecular complexity index is 211. The highest BCUT2D eigenvalue weighted by molar-refractivity contribution is 4.93. The molecule has 2 fully saturated rings. The Hall–Kier alpha value is -0.0800. The van der Waals surface area contributed by atoms with Gasteiger partial charge < -0.3 is 5.32 Å². The van der Waals surface area contributed by atoms with Crippen molar-refractivity contribution in [3.8, 4) is 0 Å². The molecule has 2 rings (SSSR count). The van der Waals surface area contributed by atoms with Gasteiger partial charge in [0.2, 0.25) is 0 Å². The van der Waals surface area contributed by atoms with Gasteiger partial charge in [-0.2, -0.15) is 0 Å². The van der Waals surface area contributed by atoms with Crippen molar-refractivity contribution in [2.24, 2.45) is 5.92 Å². The molecule has 0 heterocycles. The fourth-order valence-electron chi connectivity index (χ4n) is 3.17. The summed E-state index contributed by atoms with van der Waals surface area (Å²) in [5.41, 5.74) is 0. The molecule has 2 aliphatic rings. The van der Waals surface area contributed by atoms with Crippen molar-refractivity contribution in [2.45, 2.75) is 71.0 Å². The van der Waals surface area contributed by atoms with Crippen molar-refractivity contribution in [3.63, 3.8) is 0 Å². The first-order chi connectivity index (χ1) is 7.72. The van der Waals surface area contributed by atoms with Gasteiger partial charge in [-0.05, 0) is 52.0 Å². The SMILES string of the molecule is CCNC1CCCC1N(CC1CC1)C(C)C. The van der Waals surface area contributed by atoms with Crippen LogP contribution in [0.3, 0.4) is 0 Å². The lowest BCUT2D eigenvalue weighted by Gasteiger charge is -2.36. The second-order valence-corrected chi connectivity index (χ2v) is 5.90. The maximum Gasteiger partial charge on any atom is 0.0252 e. The van der Waals surface area contributed by atoms with E-state index in [1.54, 1.807) is 0 Å². The van der Waals surface area contributed by atoms with Crippen molar-refractivity contribution < 1.29 is 0 Å². The Morgan fingerprint density at radius 2 is 1.94 bits per heavy atom. The first-order valence-electron chi connectivity index (χ1n) is 7.21. The zero-order valence-corrected chi connectivity index (χ0v) is 11.2. The third-order valence-corrected chi connectivity index (χ3v) is 4.20. The predicted molar refractivity (Wildman–Crippen MR) is 69.7 cm³/mol. The van der Waals surface area contributed by atoms with Gasteiger partial charge in [-0.3, -0.25) is 4.90 Å². The van der Waals surface area contributed by atoms with Crippen LogP contribution < -0.4 is 5.32 Å². The molecule has 0 spiro atoms. The lowest BCUT2D eigenvalue weighted by molar-refractivity contribution is 0.128. The summed E-state index contributed by atoms with van der Waals surface area (Å²) < 4.78 is 0. The molecule has 0 aromatic heterocycles. The minimum Gasteiger partial charge on any atom is -0.313 e. The van der Waals surface area contributed by atoms with E-state index in [9.17, 15) is 0 Å². The Morgan fingerprint density at radius 3 is 2.50 bits per heavy atom. The van der Waals surface area contributed by atoms with Crippen molar-refractivity contribution in [1.82, 2.24) is 10.2 Å². The molecule has 0 saturated heterocycles. The molecule has 2 saturated carbocycles. The Morgan fingerprint density at radius 1 is 1.19 bits per heavy atom. The van der Waals surface area contributed by atoms with Crippen LogP contribution in [0.5, 0.6) is 0 Å². The maximum atomic E-state index is 3.68. The first kappa shape index (κ1) is 12.4. The average Bonchev–Trinajstić information content (AvgIpc) is 2.95. The summed E-state index contributed by atoms with van der Waals surface area (Å²) in [7, 11) is 0. The summed E-state index contributed by atoms with van der Waals surface area (Å²) in [5, 5.41) is 3.68. The van der Waals surface area contributed by atoms with Crippen molar-refractivity contribution in [1.29, 1.82) is 0 Å². The number of hydrogen-bond donors (Lipinski definition) is 1. The Labute approximate surface area is 101 Å². The summed E-state index contributed by atoms with van der Waals surface area (Å²) in [6.07, 6.45) is 7.15. The Kier molecular flexibility index (Phi) is 4.26. The van der Waals surface area contributed by atoms with Gasteiger partial charge in [-0.15, -0.1) is 0 Å². The number of likely N-dealkylation sites (N-methyl/N-ethyl adjacent to an activating group) is 1. The molecule has 2 nitrogen and oxygen atoms in total. The van der Waals surface area contributed by atoms with Crippen LogP contribution in [0.25, 0.3) is 0 Å². The summed E-state index contributed by atoms with van der Waals surface area (Å²) in [4.78, 5) is 2.78. The van der Waals surface area contributed by atoms with Crippen LogP contribution in [0.2, 0.25) is 0 Å². The number of nitrogens with one attached hydrogen (secondary N) is 1. The fraction of sp³-hybridized carbons (Fsp3) is 1.00. The topological polar surface area (TPSA) is 15.3 Å². The molecular formula is C14H28N2. The average molecular weight is 224 g/mol. The third kappa shape index (κ3) is 2.98. The molecule has 2 aliphatic carbocycles. The van der Waals surface area contributed by atoms with Crippen LogP contribution in [0.1, 0.15) is 52.9 Å². The molecule has 0 bridgehead atoms. The highest BCUT2D eigenvalue weighted by Gasteiger charge is 2.35. The van der Waals surface area contributed by atoms with Crippen molar-refractivity contribution in [2.75, 3.05) is 13.1 Å². The second kappa shape index (κ2) is 5.50. The van der Waals surface area contributed by atoms with Crippen LogP contribution in [0.4, 0.5) is 0 Å². The lowest BCUT2D eigenvalue weighted by atomic mass is 10.1. The molecule has 2 atom stereocenters. The zero-order chi connectivity index (χ0) is 11.5. The molecule has 0 aromatic carbocycles. The lowest BCUT2D eigenvalue weighted by Crippen LogP contribution is -2.50. The van der Waals surface area contributed by atoms with Crippen LogP contribution in [0.15, 0.2) is 0 Å². The van der Waals surface area contributed by atoms with E-state index >= 15 is 0 Å². The van der Waals surface area contributed by atoms with Crippen LogP contribution >= 0.6 is 0 Å². The Balaban J connectivity index is 1.93. The van der Waals surface area contributed by atoms with E-state index in [-0.39, 0.29) is 0 Å². The third-order valence-electron chi connectivity index (χ3n) is 4.20. The van der Waals surface area contributed by atoms with E-state index in [1.807, 2.05) is 0 Å². The normalized spacial score (nSPS) is 30.6.